The van der Waals surface area contributed by atoms with Crippen molar-refractivity contribution in [2.75, 3.05) is 16.6 Å². The number of fused-ring (bicyclic) bond motifs is 2. The predicted octanol–water partition coefficient (Wildman–Crippen LogP) is 1.25. The van der Waals surface area contributed by atoms with E-state index in [2.05, 4.69) is 15.0 Å². The van der Waals surface area contributed by atoms with Gasteiger partial charge in [-0.25, -0.2) is 13.2 Å². The molecule has 0 aliphatic carbocycles. The van der Waals surface area contributed by atoms with E-state index < -0.39 is 15.8 Å². The number of H-pyrrole nitrogens is 1. The number of nitrogens with one attached hydrogen (secondary N) is 3. The lowest BCUT2D eigenvalue weighted by atomic mass is 10.2. The van der Waals surface area contributed by atoms with Crippen LogP contribution in [-0.2, 0) is 14.8 Å². The van der Waals surface area contributed by atoms with E-state index in [-0.39, 0.29) is 34.2 Å². The zero-order valence-electron chi connectivity index (χ0n) is 12.5. The minimum Gasteiger partial charge on any atom is -0.482 e. The third-order valence-electron chi connectivity index (χ3n) is 3.57. The highest BCUT2D eigenvalue weighted by Crippen LogP contribution is 2.31. The molecule has 128 valence electrons. The Morgan fingerprint density at radius 2 is 1.92 bits per heavy atom. The Labute approximate surface area is 140 Å². The summed E-state index contributed by atoms with van der Waals surface area (Å²) in [4.78, 5) is 24.9. The molecule has 1 aliphatic rings. The summed E-state index contributed by atoms with van der Waals surface area (Å²) in [6.07, 6.45) is 0. The van der Waals surface area contributed by atoms with Crippen LogP contribution in [0.3, 0.4) is 0 Å². The summed E-state index contributed by atoms with van der Waals surface area (Å²) >= 11 is 0. The Morgan fingerprint density at radius 3 is 2.76 bits per heavy atom. The van der Waals surface area contributed by atoms with Crippen molar-refractivity contribution in [1.82, 2.24) is 4.98 Å². The van der Waals surface area contributed by atoms with E-state index in [4.69, 9.17) is 9.15 Å². The van der Waals surface area contributed by atoms with E-state index in [1.807, 2.05) is 0 Å². The lowest BCUT2D eigenvalue weighted by Crippen LogP contribution is -2.25. The van der Waals surface area contributed by atoms with Crippen molar-refractivity contribution in [2.45, 2.75) is 4.90 Å². The number of aromatic amines is 1. The number of carbonyl (C=O) groups excluding carboxylic acids is 1. The molecule has 3 aromatic rings. The first-order valence-corrected chi connectivity index (χ1v) is 8.61. The van der Waals surface area contributed by atoms with Crippen LogP contribution in [0, 0.1) is 0 Å². The molecule has 25 heavy (non-hydrogen) atoms. The largest absolute Gasteiger partial charge is 0.482 e. The quantitative estimate of drug-likeness (QED) is 0.644. The zero-order valence-corrected chi connectivity index (χ0v) is 13.3. The maximum absolute atomic E-state index is 12.5. The fourth-order valence-electron chi connectivity index (χ4n) is 2.46. The fourth-order valence-corrected chi connectivity index (χ4v) is 3.53. The van der Waals surface area contributed by atoms with Crippen LogP contribution in [0.25, 0.3) is 11.1 Å². The fraction of sp³-hybridized carbons (Fsp3) is 0.0667. The van der Waals surface area contributed by atoms with Gasteiger partial charge in [-0.15, -0.1) is 0 Å². The van der Waals surface area contributed by atoms with Gasteiger partial charge in [0.1, 0.15) is 5.75 Å². The van der Waals surface area contributed by atoms with Gasteiger partial charge in [-0.1, -0.05) is 0 Å². The molecule has 3 N–H and O–H groups in total. The van der Waals surface area contributed by atoms with Crippen molar-refractivity contribution in [3.8, 4) is 5.75 Å². The molecule has 0 bridgehead atoms. The van der Waals surface area contributed by atoms with Crippen LogP contribution in [0.15, 0.2) is 50.5 Å². The van der Waals surface area contributed by atoms with Gasteiger partial charge in [0.2, 0.25) is 0 Å². The second-order valence-corrected chi connectivity index (χ2v) is 7.01. The molecular weight excluding hydrogens is 350 g/mol. The van der Waals surface area contributed by atoms with Crippen molar-refractivity contribution in [3.63, 3.8) is 0 Å². The Balaban J connectivity index is 1.67. The van der Waals surface area contributed by atoms with Gasteiger partial charge < -0.3 is 14.5 Å². The lowest BCUT2D eigenvalue weighted by molar-refractivity contribution is -0.118. The van der Waals surface area contributed by atoms with Crippen molar-refractivity contribution in [1.29, 1.82) is 0 Å². The van der Waals surface area contributed by atoms with E-state index in [0.29, 0.717) is 11.4 Å². The summed E-state index contributed by atoms with van der Waals surface area (Å²) in [5.41, 5.74) is 1.17. The van der Waals surface area contributed by atoms with Crippen molar-refractivity contribution < 1.29 is 22.4 Å². The van der Waals surface area contributed by atoms with Gasteiger partial charge in [0.05, 0.1) is 21.8 Å². The summed E-state index contributed by atoms with van der Waals surface area (Å²) < 4.78 is 37.5. The predicted molar refractivity (Wildman–Crippen MR) is 88.2 cm³/mol. The highest BCUT2D eigenvalue weighted by molar-refractivity contribution is 7.92. The van der Waals surface area contributed by atoms with Gasteiger partial charge in [-0.05, 0) is 36.4 Å². The molecule has 2 heterocycles. The monoisotopic (exact) mass is 361 g/mol. The molecule has 0 spiro atoms. The number of rotatable bonds is 3. The molecule has 1 amide bonds. The van der Waals surface area contributed by atoms with Gasteiger partial charge in [0.15, 0.2) is 12.2 Å². The number of hydrogen-bond donors (Lipinski definition) is 3. The highest BCUT2D eigenvalue weighted by atomic mass is 32.2. The summed E-state index contributed by atoms with van der Waals surface area (Å²) in [5.74, 6) is -0.523. The van der Waals surface area contributed by atoms with E-state index in [9.17, 15) is 18.0 Å². The Hall–Kier alpha value is -3.27. The van der Waals surface area contributed by atoms with Crippen LogP contribution in [-0.4, -0.2) is 25.9 Å². The van der Waals surface area contributed by atoms with E-state index in [0.717, 1.165) is 0 Å². The summed E-state index contributed by atoms with van der Waals surface area (Å²) in [6.45, 7) is -0.0824. The third-order valence-corrected chi connectivity index (χ3v) is 4.94. The van der Waals surface area contributed by atoms with Gasteiger partial charge >= 0.3 is 5.76 Å². The maximum Gasteiger partial charge on any atom is 0.417 e. The first-order chi connectivity index (χ1) is 11.9. The van der Waals surface area contributed by atoms with Crippen LogP contribution in [0.2, 0.25) is 0 Å². The molecule has 10 heteroatoms. The van der Waals surface area contributed by atoms with Crippen LogP contribution in [0.4, 0.5) is 11.4 Å². The average molecular weight is 361 g/mol. The molecule has 2 aromatic carbocycles. The zero-order chi connectivity index (χ0) is 17.6. The number of carbonyl (C=O) groups is 1. The third kappa shape index (κ3) is 2.83. The number of oxazole rings is 1. The Kier molecular flexibility index (Phi) is 3.29. The number of aromatic nitrogens is 1. The molecule has 9 nitrogen and oxygen atoms in total. The molecule has 0 saturated carbocycles. The Morgan fingerprint density at radius 1 is 1.08 bits per heavy atom. The number of benzene rings is 2. The first kappa shape index (κ1) is 15.3. The van der Waals surface area contributed by atoms with E-state index in [1.165, 1.54) is 30.3 Å². The molecule has 1 aromatic heterocycles. The smallest absolute Gasteiger partial charge is 0.417 e. The number of hydrogen-bond acceptors (Lipinski definition) is 6. The SMILES string of the molecule is O=C1COc2ccc(NS(=O)(=O)c3ccc4oc(=O)[nH]c4c3)cc2N1. The highest BCUT2D eigenvalue weighted by Gasteiger charge is 2.19. The minimum absolute atomic E-state index is 0.0462. The molecule has 0 saturated heterocycles. The summed E-state index contributed by atoms with van der Waals surface area (Å²) in [7, 11) is -3.90. The molecule has 0 fully saturated rings. The van der Waals surface area contributed by atoms with Gasteiger partial charge in [0.25, 0.3) is 15.9 Å². The second kappa shape index (κ2) is 5.38. The minimum atomic E-state index is -3.90. The number of amides is 1. The molecule has 4 rings (SSSR count). The van der Waals surface area contributed by atoms with Crippen molar-refractivity contribution in [2.24, 2.45) is 0 Å². The molecule has 0 unspecified atom stereocenters. The number of ether oxygens (including phenoxy) is 1. The molecule has 0 atom stereocenters. The number of sulfonamides is 1. The van der Waals surface area contributed by atoms with Crippen LogP contribution >= 0.6 is 0 Å². The van der Waals surface area contributed by atoms with Crippen LogP contribution in [0.5, 0.6) is 5.75 Å². The first-order valence-electron chi connectivity index (χ1n) is 7.13. The average Bonchev–Trinajstić information content (AvgIpc) is 2.93. The molecular formula is C15H11N3O6S. The van der Waals surface area contributed by atoms with Gasteiger partial charge in [0, 0.05) is 0 Å². The summed E-state index contributed by atoms with van der Waals surface area (Å²) in [5, 5.41) is 2.60. The van der Waals surface area contributed by atoms with Crippen LogP contribution < -0.4 is 20.5 Å². The van der Waals surface area contributed by atoms with Crippen LogP contribution in [0.1, 0.15) is 0 Å². The molecule has 0 radical (unpaired) electrons. The van der Waals surface area contributed by atoms with Crippen molar-refractivity contribution >= 4 is 38.4 Å². The van der Waals surface area contributed by atoms with E-state index in [1.54, 1.807) is 6.07 Å². The normalized spacial score (nSPS) is 13.8. The van der Waals surface area contributed by atoms with E-state index >= 15 is 0 Å². The second-order valence-electron chi connectivity index (χ2n) is 5.33. The Bertz CT molecular complexity index is 1160. The van der Waals surface area contributed by atoms with Gasteiger partial charge in [-0.2, -0.15) is 0 Å². The van der Waals surface area contributed by atoms with Gasteiger partial charge in [-0.3, -0.25) is 14.5 Å². The maximum atomic E-state index is 12.5. The summed E-state index contributed by atoms with van der Waals surface area (Å²) in [6, 6.07) is 8.55. The topological polar surface area (TPSA) is 130 Å². The lowest BCUT2D eigenvalue weighted by Gasteiger charge is -2.18. The number of anilines is 2. The van der Waals surface area contributed by atoms with Crippen molar-refractivity contribution in [3.05, 3.63) is 46.9 Å². The standard InChI is InChI=1S/C15H11N3O6S/c19-14-7-23-12-3-1-8(5-10(12)16-14)18-25(21,22)9-2-4-13-11(6-9)17-15(20)24-13/h1-6,18H,7H2,(H,16,19)(H,17,20). The molecule has 1 aliphatic heterocycles.